The van der Waals surface area contributed by atoms with Crippen molar-refractivity contribution in [3.63, 3.8) is 0 Å². The van der Waals surface area contributed by atoms with E-state index in [1.807, 2.05) is 6.08 Å². The number of hydrogen-bond acceptors (Lipinski definition) is 18. The summed E-state index contributed by atoms with van der Waals surface area (Å²) in [7, 11) is 0. The maximum Gasteiger partial charge on any atom is 0.220 e. The molecule has 0 saturated carbocycles. The molecule has 19 nitrogen and oxygen atoms in total. The summed E-state index contributed by atoms with van der Waals surface area (Å²) < 4.78 is 34.5. The largest absolute Gasteiger partial charge is 0.394 e. The van der Waals surface area contributed by atoms with Crippen molar-refractivity contribution in [2.75, 3.05) is 26.4 Å². The molecule has 3 fully saturated rings. The molecule has 3 aliphatic rings. The Balaban J connectivity index is 1.33. The third-order valence-electron chi connectivity index (χ3n) is 22.2. The Bertz CT molecular complexity index is 2620. The van der Waals surface area contributed by atoms with Crippen LogP contribution in [0.1, 0.15) is 341 Å². The topological polar surface area (TPSA) is 307 Å². The third kappa shape index (κ3) is 52.3. The maximum atomic E-state index is 13.5. The highest BCUT2D eigenvalue weighted by Gasteiger charge is 2.54. The van der Waals surface area contributed by atoms with Gasteiger partial charge in [0.05, 0.1) is 38.6 Å². The molecule has 1 amide bonds. The molecule has 3 saturated heterocycles. The van der Waals surface area contributed by atoms with E-state index in [4.69, 9.17) is 28.4 Å². The molecule has 0 spiro atoms. The summed E-state index contributed by atoms with van der Waals surface area (Å²) in [4.78, 5) is 13.5. The zero-order valence-electron chi connectivity index (χ0n) is 72.2. The summed E-state index contributed by atoms with van der Waals surface area (Å²) in [5.41, 5.74) is 0. The molecule has 17 atom stereocenters. The van der Waals surface area contributed by atoms with Crippen molar-refractivity contribution in [1.29, 1.82) is 0 Å². The number of ether oxygens (including phenoxy) is 6. The van der Waals surface area contributed by atoms with Crippen LogP contribution in [0.2, 0.25) is 0 Å². The molecule has 0 aromatic carbocycles. The average Bonchev–Trinajstić information content (AvgIpc) is 0.783. The lowest BCUT2D eigenvalue weighted by atomic mass is 9.96. The molecule has 0 bridgehead atoms. The third-order valence-corrected chi connectivity index (χ3v) is 22.2. The van der Waals surface area contributed by atoms with Crippen LogP contribution in [0.5, 0.6) is 0 Å². The zero-order valence-corrected chi connectivity index (χ0v) is 72.2. The van der Waals surface area contributed by atoms with E-state index >= 15 is 0 Å². The van der Waals surface area contributed by atoms with E-state index in [9.17, 15) is 61.0 Å². The minimum atomic E-state index is -1.99. The summed E-state index contributed by atoms with van der Waals surface area (Å²) in [5.74, 6) is -0.281. The zero-order chi connectivity index (χ0) is 83.8. The van der Waals surface area contributed by atoms with Gasteiger partial charge in [0.25, 0.3) is 0 Å². The van der Waals surface area contributed by atoms with Gasteiger partial charge in [-0.1, -0.05) is 372 Å². The number of carbonyl (C=O) groups excluding carboxylic acids is 1. The normalized spacial score (nSPS) is 25.1. The van der Waals surface area contributed by atoms with Crippen molar-refractivity contribution in [2.24, 2.45) is 0 Å². The average molecular weight is 1640 g/mol. The first kappa shape index (κ1) is 106. The Kier molecular flexibility index (Phi) is 68.4. The molecule has 3 rings (SSSR count). The Hall–Kier alpha value is -4.07. The van der Waals surface area contributed by atoms with Gasteiger partial charge in [-0.15, -0.1) is 0 Å². The second-order valence-electron chi connectivity index (χ2n) is 32.4. The predicted molar refractivity (Wildman–Crippen MR) is 470 cm³/mol. The molecule has 0 radical (unpaired) electrons. The number of nitrogens with one attached hydrogen (secondary N) is 1. The van der Waals surface area contributed by atoms with Crippen molar-refractivity contribution in [2.45, 2.75) is 446 Å². The lowest BCUT2D eigenvalue weighted by Crippen LogP contribution is -2.66. The van der Waals surface area contributed by atoms with Crippen LogP contribution < -0.4 is 5.32 Å². The van der Waals surface area contributed by atoms with Crippen LogP contribution in [0.4, 0.5) is 0 Å². The first-order valence-electron chi connectivity index (χ1n) is 46.4. The number of amides is 1. The van der Waals surface area contributed by atoms with Crippen LogP contribution in [0.3, 0.4) is 0 Å². The minimum Gasteiger partial charge on any atom is -0.394 e. The van der Waals surface area contributed by atoms with Gasteiger partial charge >= 0.3 is 0 Å². The molecular weight excluding hydrogens is 1470 g/mol. The van der Waals surface area contributed by atoms with Crippen molar-refractivity contribution in [3.8, 4) is 0 Å². The monoisotopic (exact) mass is 1630 g/mol. The van der Waals surface area contributed by atoms with Crippen LogP contribution in [-0.2, 0) is 33.2 Å². The van der Waals surface area contributed by atoms with Crippen molar-refractivity contribution in [1.82, 2.24) is 5.32 Å². The fourth-order valence-corrected chi connectivity index (χ4v) is 14.9. The number of rotatable bonds is 74. The molecule has 17 unspecified atom stereocenters. The summed E-state index contributed by atoms with van der Waals surface area (Å²) in [5, 5.41) is 121. The van der Waals surface area contributed by atoms with Crippen molar-refractivity contribution >= 4 is 5.91 Å². The van der Waals surface area contributed by atoms with Crippen LogP contribution in [0.15, 0.2) is 134 Å². The molecule has 3 aliphatic heterocycles. The van der Waals surface area contributed by atoms with E-state index in [1.165, 1.54) is 193 Å². The molecular formula is C97H167NO18. The molecule has 668 valence electrons. The van der Waals surface area contributed by atoms with E-state index < -0.39 is 124 Å². The van der Waals surface area contributed by atoms with Gasteiger partial charge in [-0.2, -0.15) is 0 Å². The highest BCUT2D eigenvalue weighted by molar-refractivity contribution is 5.76. The molecule has 0 aromatic rings. The van der Waals surface area contributed by atoms with Gasteiger partial charge in [0, 0.05) is 6.42 Å². The number of allylic oxidation sites excluding steroid dienone is 21. The van der Waals surface area contributed by atoms with Gasteiger partial charge in [0.1, 0.15) is 73.2 Å². The number of aliphatic hydroxyl groups excluding tert-OH is 11. The number of hydrogen-bond donors (Lipinski definition) is 12. The van der Waals surface area contributed by atoms with E-state index in [0.29, 0.717) is 6.42 Å². The molecule has 0 aliphatic carbocycles. The maximum absolute atomic E-state index is 13.5. The van der Waals surface area contributed by atoms with Crippen molar-refractivity contribution < 1.29 is 89.4 Å². The fourth-order valence-electron chi connectivity index (χ4n) is 14.9. The van der Waals surface area contributed by atoms with Crippen LogP contribution in [0, 0.1) is 0 Å². The second-order valence-corrected chi connectivity index (χ2v) is 32.4. The van der Waals surface area contributed by atoms with Gasteiger partial charge in [-0.05, 0) is 96.3 Å². The number of carbonyl (C=O) groups is 1. The first-order valence-corrected chi connectivity index (χ1v) is 46.4. The number of aliphatic hydroxyl groups is 11. The van der Waals surface area contributed by atoms with E-state index in [-0.39, 0.29) is 18.9 Å². The summed E-state index contributed by atoms with van der Waals surface area (Å²) in [6.07, 6.45) is 81.6. The van der Waals surface area contributed by atoms with Gasteiger partial charge in [-0.3, -0.25) is 4.79 Å². The lowest BCUT2D eigenvalue weighted by molar-refractivity contribution is -0.379. The molecule has 116 heavy (non-hydrogen) atoms. The Morgan fingerprint density at radius 3 is 0.931 bits per heavy atom. The van der Waals surface area contributed by atoms with E-state index in [2.05, 4.69) is 141 Å². The van der Waals surface area contributed by atoms with Gasteiger partial charge in [0.2, 0.25) is 5.91 Å². The quantitative estimate of drug-likeness (QED) is 0.0199. The number of unbranched alkanes of at least 4 members (excludes halogenated alkanes) is 38. The highest BCUT2D eigenvalue weighted by Crippen LogP contribution is 2.34. The van der Waals surface area contributed by atoms with Gasteiger partial charge in [-0.25, -0.2) is 0 Å². The second kappa shape index (κ2) is 74.7. The Morgan fingerprint density at radius 2 is 0.595 bits per heavy atom. The smallest absolute Gasteiger partial charge is 0.220 e. The van der Waals surface area contributed by atoms with Crippen molar-refractivity contribution in [3.05, 3.63) is 134 Å². The van der Waals surface area contributed by atoms with Gasteiger partial charge < -0.3 is 89.9 Å². The molecule has 19 heteroatoms. The van der Waals surface area contributed by atoms with Crippen LogP contribution in [-0.4, -0.2) is 193 Å². The van der Waals surface area contributed by atoms with E-state index in [0.717, 1.165) is 122 Å². The first-order chi connectivity index (χ1) is 56.8. The highest BCUT2D eigenvalue weighted by atomic mass is 16.8. The Morgan fingerprint density at radius 1 is 0.319 bits per heavy atom. The minimum absolute atomic E-state index is 0.231. The molecule has 3 heterocycles. The fraction of sp³-hybridized carbons (Fsp3) is 0.763. The Labute approximate surface area is 702 Å². The summed E-state index contributed by atoms with van der Waals surface area (Å²) in [6, 6.07) is -0.987. The van der Waals surface area contributed by atoms with E-state index in [1.54, 1.807) is 6.08 Å². The molecule has 12 N–H and O–H groups in total. The molecule has 0 aromatic heterocycles. The lowest BCUT2D eigenvalue weighted by Gasteiger charge is -2.48. The standard InChI is InChI=1S/C97H167NO18/c1-3-5-7-9-11-13-15-17-19-21-23-25-27-29-31-33-35-36-37-38-39-40-41-42-43-44-45-47-49-51-53-55-57-59-61-63-65-67-69-71-73-75-85(103)98-80(81(102)74-72-70-68-66-64-62-60-58-56-54-52-50-48-46-34-32-30-28-26-24-22-20-18-16-14-12-10-8-6-4-2)79-111-95-91(109)88(106)93(83(77-100)113-95)116-97-92(110)89(107)94(84(78-101)114-97)115-96-90(108)87(105)86(104)82(76-99)112-96/h5,7,11,13,17,19,23,25,29,31,35-36,38-39,41-42,44-45,49,51,72,74,80-84,86-97,99-102,104-110H,3-4,6,8-10,12,14-16,18,20-22,24,26-28,30,32-34,37,40,43,46-48,50,52-71,73,75-79H2,1-2H3,(H,98,103)/b7-5-,13-11-,19-17-,25-23-,31-29-,36-35-,39-38-,42-41-,45-44-,51-49-,74-72+. The SMILES string of the molecule is CC/C=C\C/C=C\C/C=C\C/C=C\C/C=C\C/C=C\C/C=C\C/C=C\C/C=C\C/C=C\CCCCCCCCCCCCC(=O)NC(COC1OC(CO)C(OC2OC(CO)C(OC3OC(CO)C(O)C(O)C3O)C(O)C2O)C(O)C1O)C(O)/C=C/CCCCCCCCCCCCCCCCCCCCCCCCCCCCCC. The van der Waals surface area contributed by atoms with Crippen LogP contribution >= 0.6 is 0 Å². The summed E-state index contributed by atoms with van der Waals surface area (Å²) >= 11 is 0. The predicted octanol–water partition coefficient (Wildman–Crippen LogP) is 18.4. The summed E-state index contributed by atoms with van der Waals surface area (Å²) in [6.45, 7) is 1.65. The van der Waals surface area contributed by atoms with Crippen LogP contribution in [0.25, 0.3) is 0 Å². The van der Waals surface area contributed by atoms with Gasteiger partial charge in [0.15, 0.2) is 18.9 Å².